The molecular weight excluding hydrogens is 288 g/mol. The Labute approximate surface area is 129 Å². The van der Waals surface area contributed by atoms with Crippen LogP contribution in [0.1, 0.15) is 18.2 Å². The third-order valence-electron chi connectivity index (χ3n) is 2.83. The van der Waals surface area contributed by atoms with Gasteiger partial charge in [-0.2, -0.15) is 0 Å². The summed E-state index contributed by atoms with van der Waals surface area (Å²) in [5, 5.41) is 11.1. The Bertz CT molecular complexity index is 569. The number of halogens is 1. The molecule has 2 N–H and O–H groups in total. The van der Waals surface area contributed by atoms with Gasteiger partial charge in [0, 0.05) is 24.2 Å². The molecule has 0 aliphatic rings. The van der Waals surface area contributed by atoms with Crippen molar-refractivity contribution in [3.8, 4) is 0 Å². The minimum atomic E-state index is 0.489. The number of guanidine groups is 1. The Balaban J connectivity index is 1.83. The van der Waals surface area contributed by atoms with Crippen molar-refractivity contribution in [2.45, 2.75) is 19.9 Å². The highest BCUT2D eigenvalue weighted by atomic mass is 35.5. The fourth-order valence-electron chi connectivity index (χ4n) is 1.84. The maximum absolute atomic E-state index is 5.97. The summed E-state index contributed by atoms with van der Waals surface area (Å²) >= 11 is 5.97. The molecule has 0 unspecified atom stereocenters. The molecule has 1 heterocycles. The molecular formula is C15H19ClN4O. The number of nitrogens with one attached hydrogen (secondary N) is 2. The monoisotopic (exact) mass is 306 g/mol. The summed E-state index contributed by atoms with van der Waals surface area (Å²) in [7, 11) is 0. The van der Waals surface area contributed by atoms with Gasteiger partial charge in [-0.3, -0.25) is 0 Å². The van der Waals surface area contributed by atoms with Gasteiger partial charge in [0.15, 0.2) is 5.96 Å². The van der Waals surface area contributed by atoms with Gasteiger partial charge in [-0.05, 0) is 31.0 Å². The van der Waals surface area contributed by atoms with Crippen LogP contribution in [0.2, 0.25) is 5.02 Å². The molecule has 6 heteroatoms. The van der Waals surface area contributed by atoms with E-state index in [1.807, 2.05) is 25.1 Å². The molecule has 0 atom stereocenters. The van der Waals surface area contributed by atoms with E-state index in [0.717, 1.165) is 36.2 Å². The normalized spacial score (nSPS) is 11.4. The van der Waals surface area contributed by atoms with Crippen molar-refractivity contribution in [2.75, 3.05) is 13.1 Å². The molecule has 2 aromatic rings. The maximum atomic E-state index is 5.97. The van der Waals surface area contributed by atoms with E-state index in [1.54, 1.807) is 12.3 Å². The van der Waals surface area contributed by atoms with Crippen LogP contribution in [-0.2, 0) is 13.0 Å². The lowest BCUT2D eigenvalue weighted by molar-refractivity contribution is 0.412. The van der Waals surface area contributed by atoms with Crippen molar-refractivity contribution >= 4 is 17.6 Å². The predicted octanol–water partition coefficient (Wildman–Crippen LogP) is 2.63. The van der Waals surface area contributed by atoms with Crippen molar-refractivity contribution in [3.63, 3.8) is 0 Å². The Kier molecular flexibility index (Phi) is 6.09. The first-order valence-corrected chi connectivity index (χ1v) is 7.31. The average molecular weight is 307 g/mol. The zero-order valence-electron chi connectivity index (χ0n) is 12.0. The fourth-order valence-corrected chi connectivity index (χ4v) is 2.05. The van der Waals surface area contributed by atoms with Crippen LogP contribution in [0.5, 0.6) is 0 Å². The fraction of sp³-hybridized carbons (Fsp3) is 0.333. The molecule has 0 aliphatic heterocycles. The zero-order valence-corrected chi connectivity index (χ0v) is 12.7. The Morgan fingerprint density at radius 3 is 2.95 bits per heavy atom. The molecule has 0 bridgehead atoms. The second-order valence-corrected chi connectivity index (χ2v) is 4.93. The molecule has 0 fully saturated rings. The number of hydrogen-bond acceptors (Lipinski definition) is 3. The Morgan fingerprint density at radius 1 is 1.33 bits per heavy atom. The van der Waals surface area contributed by atoms with Crippen LogP contribution in [0.25, 0.3) is 0 Å². The van der Waals surface area contributed by atoms with E-state index in [0.29, 0.717) is 6.54 Å². The summed E-state index contributed by atoms with van der Waals surface area (Å²) in [6.45, 7) is 4.11. The summed E-state index contributed by atoms with van der Waals surface area (Å²) < 4.78 is 4.78. The Morgan fingerprint density at radius 2 is 2.24 bits per heavy atom. The Hall–Kier alpha value is -2.01. The molecule has 1 aromatic carbocycles. The summed E-state index contributed by atoms with van der Waals surface area (Å²) in [6, 6.07) is 9.68. The van der Waals surface area contributed by atoms with Gasteiger partial charge in [-0.15, -0.1) is 0 Å². The topological polar surface area (TPSA) is 62.5 Å². The minimum Gasteiger partial charge on any atom is -0.364 e. The highest BCUT2D eigenvalue weighted by Crippen LogP contribution is 2.10. The zero-order chi connectivity index (χ0) is 14.9. The summed E-state index contributed by atoms with van der Waals surface area (Å²) in [6.07, 6.45) is 2.43. The van der Waals surface area contributed by atoms with Crippen LogP contribution >= 0.6 is 11.6 Å². The number of rotatable bonds is 6. The van der Waals surface area contributed by atoms with Crippen LogP contribution in [-0.4, -0.2) is 24.2 Å². The van der Waals surface area contributed by atoms with Crippen LogP contribution in [0.15, 0.2) is 46.1 Å². The predicted molar refractivity (Wildman–Crippen MR) is 84.5 cm³/mol. The van der Waals surface area contributed by atoms with Gasteiger partial charge in [0.25, 0.3) is 0 Å². The largest absolute Gasteiger partial charge is 0.364 e. The van der Waals surface area contributed by atoms with Gasteiger partial charge in [0.1, 0.15) is 12.0 Å². The SMILES string of the molecule is CCNC(=NCc1ccon1)NCCc1cccc(Cl)c1. The van der Waals surface area contributed by atoms with Gasteiger partial charge in [-0.1, -0.05) is 28.9 Å². The molecule has 2 rings (SSSR count). The molecule has 112 valence electrons. The molecule has 1 aromatic heterocycles. The van der Waals surface area contributed by atoms with Crippen LogP contribution < -0.4 is 10.6 Å². The molecule has 0 radical (unpaired) electrons. The number of aromatic nitrogens is 1. The summed E-state index contributed by atoms with van der Waals surface area (Å²) in [5.41, 5.74) is 2.00. The summed E-state index contributed by atoms with van der Waals surface area (Å²) in [4.78, 5) is 4.45. The molecule has 0 aliphatic carbocycles. The number of hydrogen-bond donors (Lipinski definition) is 2. The van der Waals surface area contributed by atoms with Crippen molar-refractivity contribution in [1.82, 2.24) is 15.8 Å². The molecule has 0 saturated carbocycles. The van der Waals surface area contributed by atoms with Gasteiger partial charge in [0.05, 0.1) is 6.54 Å². The molecule has 0 spiro atoms. The first kappa shape index (κ1) is 15.4. The number of aliphatic imine (C=N–C) groups is 1. The lowest BCUT2D eigenvalue weighted by atomic mass is 10.1. The van der Waals surface area contributed by atoms with Crippen LogP contribution in [0, 0.1) is 0 Å². The molecule has 21 heavy (non-hydrogen) atoms. The smallest absolute Gasteiger partial charge is 0.191 e. The van der Waals surface area contributed by atoms with Crippen LogP contribution in [0.3, 0.4) is 0 Å². The second-order valence-electron chi connectivity index (χ2n) is 4.49. The van der Waals surface area contributed by atoms with Crippen molar-refractivity contribution in [3.05, 3.63) is 52.9 Å². The quantitative estimate of drug-likeness (QED) is 0.636. The highest BCUT2D eigenvalue weighted by Gasteiger charge is 2.00. The standard InChI is InChI=1S/C15H19ClN4O/c1-2-17-15(19-11-14-7-9-21-20-14)18-8-6-12-4-3-5-13(16)10-12/h3-5,7,9-10H,2,6,8,11H2,1H3,(H2,17,18,19). The van der Waals surface area contributed by atoms with E-state index in [4.69, 9.17) is 16.1 Å². The van der Waals surface area contributed by atoms with Crippen molar-refractivity contribution in [1.29, 1.82) is 0 Å². The third-order valence-corrected chi connectivity index (χ3v) is 3.06. The van der Waals surface area contributed by atoms with Crippen molar-refractivity contribution < 1.29 is 4.52 Å². The first-order valence-electron chi connectivity index (χ1n) is 6.94. The van der Waals surface area contributed by atoms with E-state index in [1.165, 1.54) is 5.56 Å². The van der Waals surface area contributed by atoms with Gasteiger partial charge in [0.2, 0.25) is 0 Å². The average Bonchev–Trinajstić information content (AvgIpc) is 2.98. The van der Waals surface area contributed by atoms with E-state index < -0.39 is 0 Å². The molecule has 0 saturated heterocycles. The lowest BCUT2D eigenvalue weighted by Crippen LogP contribution is -2.38. The third kappa shape index (κ3) is 5.47. The lowest BCUT2D eigenvalue weighted by Gasteiger charge is -2.11. The number of nitrogens with zero attached hydrogens (tertiary/aromatic N) is 2. The highest BCUT2D eigenvalue weighted by molar-refractivity contribution is 6.30. The second kappa shape index (κ2) is 8.32. The van der Waals surface area contributed by atoms with E-state index in [-0.39, 0.29) is 0 Å². The van der Waals surface area contributed by atoms with Gasteiger partial charge < -0.3 is 15.2 Å². The molecule has 0 amide bonds. The minimum absolute atomic E-state index is 0.489. The first-order chi connectivity index (χ1) is 10.3. The van der Waals surface area contributed by atoms with Crippen LogP contribution in [0.4, 0.5) is 0 Å². The van der Waals surface area contributed by atoms with Gasteiger partial charge >= 0.3 is 0 Å². The molecule has 5 nitrogen and oxygen atoms in total. The van der Waals surface area contributed by atoms with Gasteiger partial charge in [-0.25, -0.2) is 4.99 Å². The van der Waals surface area contributed by atoms with E-state index >= 15 is 0 Å². The number of benzene rings is 1. The van der Waals surface area contributed by atoms with Crippen molar-refractivity contribution in [2.24, 2.45) is 4.99 Å². The summed E-state index contributed by atoms with van der Waals surface area (Å²) in [5.74, 6) is 0.766. The van der Waals surface area contributed by atoms with E-state index in [9.17, 15) is 0 Å². The maximum Gasteiger partial charge on any atom is 0.191 e. The van der Waals surface area contributed by atoms with E-state index in [2.05, 4.69) is 26.8 Å².